The fraction of sp³-hybridized carbons (Fsp3) is 0.938. The van der Waals surface area contributed by atoms with E-state index in [2.05, 4.69) is 10.2 Å². The lowest BCUT2D eigenvalue weighted by molar-refractivity contribution is -0.145. The minimum atomic E-state index is -0.0723. The summed E-state index contributed by atoms with van der Waals surface area (Å²) in [5, 5.41) is 3.46. The first kappa shape index (κ1) is 15.8. The zero-order valence-corrected chi connectivity index (χ0v) is 13.1. The molecule has 2 aliphatic rings. The number of carbonyl (C=O) groups is 1. The number of nitrogens with zero attached hydrogens (tertiary/aromatic N) is 1. The van der Waals surface area contributed by atoms with Crippen molar-refractivity contribution in [3.63, 3.8) is 0 Å². The van der Waals surface area contributed by atoms with Crippen molar-refractivity contribution in [2.75, 3.05) is 39.8 Å². The van der Waals surface area contributed by atoms with Crippen LogP contribution in [0.3, 0.4) is 0 Å². The van der Waals surface area contributed by atoms with E-state index < -0.39 is 0 Å². The predicted molar refractivity (Wildman–Crippen MR) is 80.6 cm³/mol. The van der Waals surface area contributed by atoms with Gasteiger partial charge in [0.1, 0.15) is 0 Å². The molecule has 0 bridgehead atoms. The summed E-state index contributed by atoms with van der Waals surface area (Å²) in [6.07, 6.45) is 6.33. The standard InChI is InChI=1S/C16H30N2O2/c1-13(16(19)20-2)7-11-18-10-3-4-15(12-18)14-5-8-17-9-6-14/h13-15,17H,3-12H2,1-2H3/t13?,15-/m0/s1. The summed E-state index contributed by atoms with van der Waals surface area (Å²) in [5.41, 5.74) is 0. The normalized spacial score (nSPS) is 27.2. The molecule has 0 saturated carbocycles. The number of likely N-dealkylation sites (tertiary alicyclic amines) is 1. The molecule has 116 valence electrons. The highest BCUT2D eigenvalue weighted by molar-refractivity contribution is 5.71. The van der Waals surface area contributed by atoms with Crippen molar-refractivity contribution in [2.45, 2.75) is 39.0 Å². The smallest absolute Gasteiger partial charge is 0.308 e. The van der Waals surface area contributed by atoms with Gasteiger partial charge in [0.15, 0.2) is 0 Å². The molecular formula is C16H30N2O2. The fourth-order valence-corrected chi connectivity index (χ4v) is 3.69. The minimum absolute atomic E-state index is 0.0271. The molecule has 1 unspecified atom stereocenters. The van der Waals surface area contributed by atoms with Crippen molar-refractivity contribution in [1.29, 1.82) is 0 Å². The Kier molecular flexibility index (Phi) is 6.30. The van der Waals surface area contributed by atoms with Gasteiger partial charge < -0.3 is 15.0 Å². The van der Waals surface area contributed by atoms with Gasteiger partial charge >= 0.3 is 5.97 Å². The largest absolute Gasteiger partial charge is 0.469 e. The number of hydrogen-bond donors (Lipinski definition) is 1. The summed E-state index contributed by atoms with van der Waals surface area (Å²) in [6, 6.07) is 0. The van der Waals surface area contributed by atoms with E-state index in [1.54, 1.807) is 0 Å². The molecule has 4 heteroatoms. The van der Waals surface area contributed by atoms with Gasteiger partial charge in [-0.25, -0.2) is 0 Å². The Bertz CT molecular complexity index is 303. The van der Waals surface area contributed by atoms with Crippen LogP contribution in [0, 0.1) is 17.8 Å². The van der Waals surface area contributed by atoms with E-state index in [1.807, 2.05) is 6.92 Å². The monoisotopic (exact) mass is 282 g/mol. The van der Waals surface area contributed by atoms with Crippen molar-refractivity contribution in [3.8, 4) is 0 Å². The molecule has 0 spiro atoms. The Balaban J connectivity index is 1.74. The molecule has 4 nitrogen and oxygen atoms in total. The number of rotatable bonds is 5. The second-order valence-electron chi connectivity index (χ2n) is 6.50. The topological polar surface area (TPSA) is 41.6 Å². The van der Waals surface area contributed by atoms with E-state index in [0.29, 0.717) is 0 Å². The van der Waals surface area contributed by atoms with Crippen molar-refractivity contribution in [1.82, 2.24) is 10.2 Å². The zero-order chi connectivity index (χ0) is 14.4. The molecule has 0 aromatic carbocycles. The molecule has 20 heavy (non-hydrogen) atoms. The van der Waals surface area contributed by atoms with Crippen LogP contribution < -0.4 is 5.32 Å². The van der Waals surface area contributed by atoms with Gasteiger partial charge in [-0.2, -0.15) is 0 Å². The van der Waals surface area contributed by atoms with Gasteiger partial charge in [-0.3, -0.25) is 4.79 Å². The van der Waals surface area contributed by atoms with Crippen LogP contribution in [0.5, 0.6) is 0 Å². The van der Waals surface area contributed by atoms with E-state index in [4.69, 9.17) is 4.74 Å². The molecule has 0 aromatic heterocycles. The van der Waals surface area contributed by atoms with Crippen LogP contribution in [0.1, 0.15) is 39.0 Å². The Labute approximate surface area is 123 Å². The molecule has 2 heterocycles. The molecular weight excluding hydrogens is 252 g/mol. The third kappa shape index (κ3) is 4.45. The first-order valence-corrected chi connectivity index (χ1v) is 8.21. The zero-order valence-electron chi connectivity index (χ0n) is 13.1. The Hall–Kier alpha value is -0.610. The van der Waals surface area contributed by atoms with Gasteiger partial charge in [-0.15, -0.1) is 0 Å². The molecule has 0 radical (unpaired) electrons. The highest BCUT2D eigenvalue weighted by atomic mass is 16.5. The third-order valence-corrected chi connectivity index (χ3v) is 5.07. The van der Waals surface area contributed by atoms with Crippen molar-refractivity contribution < 1.29 is 9.53 Å². The van der Waals surface area contributed by atoms with Gasteiger partial charge in [0, 0.05) is 6.54 Å². The van der Waals surface area contributed by atoms with Crippen molar-refractivity contribution in [2.24, 2.45) is 17.8 Å². The van der Waals surface area contributed by atoms with E-state index in [9.17, 15) is 4.79 Å². The number of piperidine rings is 2. The number of ether oxygens (including phenoxy) is 1. The summed E-state index contributed by atoms with van der Waals surface area (Å²) in [5.74, 6) is 1.74. The van der Waals surface area contributed by atoms with Crippen LogP contribution in [0.15, 0.2) is 0 Å². The molecule has 2 aliphatic heterocycles. The first-order valence-electron chi connectivity index (χ1n) is 8.21. The SMILES string of the molecule is COC(=O)C(C)CCN1CCC[C@H](C2CCNCC2)C1. The van der Waals surface area contributed by atoms with Crippen LogP contribution in [0.4, 0.5) is 0 Å². The lowest BCUT2D eigenvalue weighted by Crippen LogP contribution is -2.42. The molecule has 2 saturated heterocycles. The van der Waals surface area contributed by atoms with Crippen LogP contribution in [0.2, 0.25) is 0 Å². The average Bonchev–Trinajstić information content (AvgIpc) is 2.53. The first-order chi connectivity index (χ1) is 9.70. The number of esters is 1. The van der Waals surface area contributed by atoms with Gasteiger partial charge in [-0.05, 0) is 70.1 Å². The number of methoxy groups -OCH3 is 1. The Morgan fingerprint density at radius 1 is 1.30 bits per heavy atom. The van der Waals surface area contributed by atoms with E-state index >= 15 is 0 Å². The van der Waals surface area contributed by atoms with Crippen molar-refractivity contribution >= 4 is 5.97 Å². The van der Waals surface area contributed by atoms with Crippen LogP contribution in [-0.4, -0.2) is 50.7 Å². The highest BCUT2D eigenvalue weighted by Crippen LogP contribution is 2.30. The van der Waals surface area contributed by atoms with Crippen LogP contribution in [0.25, 0.3) is 0 Å². The summed E-state index contributed by atoms with van der Waals surface area (Å²) in [4.78, 5) is 14.0. The number of hydrogen-bond acceptors (Lipinski definition) is 4. The Morgan fingerprint density at radius 2 is 2.05 bits per heavy atom. The summed E-state index contributed by atoms with van der Waals surface area (Å²) in [7, 11) is 1.48. The van der Waals surface area contributed by atoms with Crippen LogP contribution >= 0.6 is 0 Å². The second-order valence-corrected chi connectivity index (χ2v) is 6.50. The second kappa shape index (κ2) is 7.99. The van der Waals surface area contributed by atoms with Crippen molar-refractivity contribution in [3.05, 3.63) is 0 Å². The van der Waals surface area contributed by atoms with E-state index in [0.717, 1.165) is 24.8 Å². The highest BCUT2D eigenvalue weighted by Gasteiger charge is 2.28. The van der Waals surface area contributed by atoms with E-state index in [1.165, 1.54) is 59.0 Å². The Morgan fingerprint density at radius 3 is 2.75 bits per heavy atom. The molecule has 2 atom stereocenters. The number of carbonyl (C=O) groups excluding carboxylic acids is 1. The minimum Gasteiger partial charge on any atom is -0.469 e. The van der Waals surface area contributed by atoms with E-state index in [-0.39, 0.29) is 11.9 Å². The van der Waals surface area contributed by atoms with Gasteiger partial charge in [0.25, 0.3) is 0 Å². The lowest BCUT2D eigenvalue weighted by Gasteiger charge is -2.39. The van der Waals surface area contributed by atoms with Gasteiger partial charge in [0.2, 0.25) is 0 Å². The quantitative estimate of drug-likeness (QED) is 0.782. The third-order valence-electron chi connectivity index (χ3n) is 5.07. The van der Waals surface area contributed by atoms with Gasteiger partial charge in [-0.1, -0.05) is 6.92 Å². The number of nitrogens with one attached hydrogen (secondary N) is 1. The van der Waals surface area contributed by atoms with Crippen LogP contribution in [-0.2, 0) is 9.53 Å². The summed E-state index contributed by atoms with van der Waals surface area (Å²) in [6.45, 7) is 7.84. The molecule has 2 rings (SSSR count). The molecule has 0 aromatic rings. The fourth-order valence-electron chi connectivity index (χ4n) is 3.69. The molecule has 0 amide bonds. The summed E-state index contributed by atoms with van der Waals surface area (Å²) < 4.78 is 4.80. The average molecular weight is 282 g/mol. The maximum absolute atomic E-state index is 11.4. The molecule has 1 N–H and O–H groups in total. The molecule has 0 aliphatic carbocycles. The lowest BCUT2D eigenvalue weighted by atomic mass is 9.80. The molecule has 2 fully saturated rings. The van der Waals surface area contributed by atoms with Gasteiger partial charge in [0.05, 0.1) is 13.0 Å². The summed E-state index contributed by atoms with van der Waals surface area (Å²) >= 11 is 0. The predicted octanol–water partition coefficient (Wildman–Crippen LogP) is 1.90. The maximum atomic E-state index is 11.4. The maximum Gasteiger partial charge on any atom is 0.308 e.